The number of aromatic amines is 1. The summed E-state index contributed by atoms with van der Waals surface area (Å²) in [4.78, 5) is 13.4. The largest absolute Gasteiger partial charge is 0.395 e. The lowest BCUT2D eigenvalue weighted by atomic mass is 10.4. The van der Waals surface area contributed by atoms with E-state index in [1.54, 1.807) is 0 Å². The molecule has 0 spiro atoms. The summed E-state index contributed by atoms with van der Waals surface area (Å²) in [5.74, 6) is 0. The average Bonchev–Trinajstić information content (AvgIpc) is 2.17. The van der Waals surface area contributed by atoms with Crippen molar-refractivity contribution in [3.05, 3.63) is 28.7 Å². The van der Waals surface area contributed by atoms with Gasteiger partial charge in [0.2, 0.25) is 15.5 Å². The molecule has 1 unspecified atom stereocenters. The zero-order chi connectivity index (χ0) is 11.5. The summed E-state index contributed by atoms with van der Waals surface area (Å²) in [7, 11) is -3.86. The van der Waals surface area contributed by atoms with Crippen LogP contribution in [0.1, 0.15) is 6.92 Å². The molecule has 3 N–H and O–H groups in total. The lowest BCUT2D eigenvalue weighted by Gasteiger charge is -2.10. The maximum Gasteiger partial charge on any atom is 0.246 e. The Morgan fingerprint density at radius 3 is 2.80 bits per heavy atom. The van der Waals surface area contributed by atoms with Crippen LogP contribution in [0.25, 0.3) is 0 Å². The summed E-state index contributed by atoms with van der Waals surface area (Å²) in [5.41, 5.74) is -0.591. The molecule has 0 saturated carbocycles. The van der Waals surface area contributed by atoms with E-state index in [-0.39, 0.29) is 11.5 Å². The van der Waals surface area contributed by atoms with Crippen molar-refractivity contribution < 1.29 is 13.5 Å². The first-order valence-corrected chi connectivity index (χ1v) is 5.76. The Bertz CT molecular complexity index is 479. The number of H-pyrrole nitrogens is 1. The average molecular weight is 232 g/mol. The van der Waals surface area contributed by atoms with Crippen molar-refractivity contribution in [3.63, 3.8) is 0 Å². The van der Waals surface area contributed by atoms with Crippen LogP contribution in [0.15, 0.2) is 28.2 Å². The molecule has 0 aliphatic rings. The Kier molecular flexibility index (Phi) is 3.61. The molecule has 1 aromatic heterocycles. The topological polar surface area (TPSA) is 99.3 Å². The molecule has 1 rings (SSSR count). The number of aliphatic hydroxyl groups is 1. The number of pyridine rings is 1. The van der Waals surface area contributed by atoms with Crippen LogP contribution >= 0.6 is 0 Å². The summed E-state index contributed by atoms with van der Waals surface area (Å²) in [6, 6.07) is 0.493. The molecule has 0 radical (unpaired) electrons. The van der Waals surface area contributed by atoms with Crippen LogP contribution in [0.3, 0.4) is 0 Å². The molecule has 0 saturated heterocycles. The van der Waals surface area contributed by atoms with Crippen molar-refractivity contribution in [1.82, 2.24) is 9.71 Å². The van der Waals surface area contributed by atoms with Gasteiger partial charge in [-0.1, -0.05) is 0 Å². The minimum atomic E-state index is -3.86. The first kappa shape index (κ1) is 11.9. The predicted molar refractivity (Wildman–Crippen MR) is 53.9 cm³/mol. The van der Waals surface area contributed by atoms with Gasteiger partial charge >= 0.3 is 0 Å². The van der Waals surface area contributed by atoms with Gasteiger partial charge in [-0.05, 0) is 6.92 Å². The summed E-state index contributed by atoms with van der Waals surface area (Å²) >= 11 is 0. The maximum atomic E-state index is 11.6. The second-order valence-electron chi connectivity index (χ2n) is 3.08. The molecule has 84 valence electrons. The van der Waals surface area contributed by atoms with Gasteiger partial charge in [-0.25, -0.2) is 13.1 Å². The third-order valence-corrected chi connectivity index (χ3v) is 3.32. The zero-order valence-corrected chi connectivity index (χ0v) is 8.91. The molecular weight excluding hydrogens is 220 g/mol. The summed E-state index contributed by atoms with van der Waals surface area (Å²) in [6.45, 7) is 1.17. The van der Waals surface area contributed by atoms with Gasteiger partial charge in [-0.2, -0.15) is 0 Å². The molecule has 1 aromatic rings. The van der Waals surface area contributed by atoms with E-state index in [1.165, 1.54) is 13.1 Å². The van der Waals surface area contributed by atoms with Crippen LogP contribution in [-0.2, 0) is 10.0 Å². The first-order valence-electron chi connectivity index (χ1n) is 4.27. The molecule has 0 aliphatic heterocycles. The third-order valence-electron chi connectivity index (χ3n) is 1.71. The smallest absolute Gasteiger partial charge is 0.246 e. The fourth-order valence-corrected chi connectivity index (χ4v) is 2.26. The van der Waals surface area contributed by atoms with E-state index in [2.05, 4.69) is 9.71 Å². The Hall–Kier alpha value is -1.18. The van der Waals surface area contributed by atoms with Crippen molar-refractivity contribution >= 4 is 10.0 Å². The Balaban J connectivity index is 3.08. The van der Waals surface area contributed by atoms with Gasteiger partial charge < -0.3 is 10.1 Å². The van der Waals surface area contributed by atoms with Gasteiger partial charge in [0.25, 0.3) is 0 Å². The first-order chi connectivity index (χ1) is 6.97. The summed E-state index contributed by atoms with van der Waals surface area (Å²) in [5, 5.41) is 8.70. The Labute approximate surface area is 87.0 Å². The number of hydrogen-bond acceptors (Lipinski definition) is 4. The molecule has 1 heterocycles. The standard InChI is InChI=1S/C8H12N2O4S/c1-6(5-11)10-15(13,14)8-4-9-3-2-7(8)12/h2-4,6,10-11H,5H2,1H3,(H,9,12). The van der Waals surface area contributed by atoms with Gasteiger partial charge in [0.05, 0.1) is 6.61 Å². The molecule has 0 aliphatic carbocycles. The van der Waals surface area contributed by atoms with Gasteiger partial charge in [-0.3, -0.25) is 4.79 Å². The number of nitrogens with one attached hydrogen (secondary N) is 2. The second kappa shape index (κ2) is 4.56. The van der Waals surface area contributed by atoms with Crippen LogP contribution in [0.5, 0.6) is 0 Å². The highest BCUT2D eigenvalue weighted by atomic mass is 32.2. The molecular formula is C8H12N2O4S. The minimum absolute atomic E-state index is 0.329. The highest BCUT2D eigenvalue weighted by molar-refractivity contribution is 7.89. The minimum Gasteiger partial charge on any atom is -0.395 e. The molecule has 0 amide bonds. The number of aromatic nitrogens is 1. The maximum absolute atomic E-state index is 11.6. The van der Waals surface area contributed by atoms with E-state index in [1.807, 2.05) is 0 Å². The van der Waals surface area contributed by atoms with Crippen molar-refractivity contribution in [2.24, 2.45) is 0 Å². The molecule has 0 fully saturated rings. The van der Waals surface area contributed by atoms with E-state index in [9.17, 15) is 13.2 Å². The Morgan fingerprint density at radius 1 is 1.60 bits per heavy atom. The van der Waals surface area contributed by atoms with Gasteiger partial charge in [0, 0.05) is 24.5 Å². The molecule has 0 bridgehead atoms. The van der Waals surface area contributed by atoms with Gasteiger partial charge in [0.1, 0.15) is 4.90 Å². The zero-order valence-electron chi connectivity index (χ0n) is 8.10. The van der Waals surface area contributed by atoms with Crippen LogP contribution in [0.2, 0.25) is 0 Å². The number of sulfonamides is 1. The fraction of sp³-hybridized carbons (Fsp3) is 0.375. The monoisotopic (exact) mass is 232 g/mol. The van der Waals surface area contributed by atoms with Crippen LogP contribution in [0.4, 0.5) is 0 Å². The lowest BCUT2D eigenvalue weighted by molar-refractivity contribution is 0.265. The van der Waals surface area contributed by atoms with Crippen LogP contribution in [0, 0.1) is 0 Å². The molecule has 6 nitrogen and oxygen atoms in total. The number of rotatable bonds is 4. The SMILES string of the molecule is CC(CO)NS(=O)(=O)c1c[nH]ccc1=O. The predicted octanol–water partition coefficient (Wildman–Crippen LogP) is -0.966. The van der Waals surface area contributed by atoms with Crippen molar-refractivity contribution in [3.8, 4) is 0 Å². The van der Waals surface area contributed by atoms with Crippen molar-refractivity contribution in [1.29, 1.82) is 0 Å². The highest BCUT2D eigenvalue weighted by Gasteiger charge is 2.19. The molecule has 15 heavy (non-hydrogen) atoms. The van der Waals surface area contributed by atoms with Crippen LogP contribution < -0.4 is 10.2 Å². The summed E-state index contributed by atoms with van der Waals surface area (Å²) < 4.78 is 25.3. The quantitative estimate of drug-likeness (QED) is 0.622. The van der Waals surface area contributed by atoms with Gasteiger partial charge in [0.15, 0.2) is 0 Å². The normalized spacial score (nSPS) is 13.7. The second-order valence-corrected chi connectivity index (χ2v) is 4.76. The van der Waals surface area contributed by atoms with E-state index in [0.717, 1.165) is 12.3 Å². The molecule has 1 atom stereocenters. The highest BCUT2D eigenvalue weighted by Crippen LogP contribution is 2.00. The van der Waals surface area contributed by atoms with E-state index in [4.69, 9.17) is 5.11 Å². The van der Waals surface area contributed by atoms with Crippen LogP contribution in [-0.4, -0.2) is 31.2 Å². The third kappa shape index (κ3) is 2.88. The van der Waals surface area contributed by atoms with E-state index < -0.39 is 21.5 Å². The molecule has 7 heteroatoms. The van der Waals surface area contributed by atoms with E-state index in [0.29, 0.717) is 0 Å². The van der Waals surface area contributed by atoms with E-state index >= 15 is 0 Å². The van der Waals surface area contributed by atoms with Crippen molar-refractivity contribution in [2.75, 3.05) is 6.61 Å². The summed E-state index contributed by atoms with van der Waals surface area (Å²) in [6.07, 6.45) is 2.45. The molecule has 0 aromatic carbocycles. The van der Waals surface area contributed by atoms with Crippen molar-refractivity contribution in [2.45, 2.75) is 17.9 Å². The number of hydrogen-bond donors (Lipinski definition) is 3. The lowest BCUT2D eigenvalue weighted by Crippen LogP contribution is -2.37. The Morgan fingerprint density at radius 2 is 2.27 bits per heavy atom. The number of aliphatic hydroxyl groups excluding tert-OH is 1. The fourth-order valence-electron chi connectivity index (χ4n) is 0.976. The van der Waals surface area contributed by atoms with Gasteiger partial charge in [-0.15, -0.1) is 0 Å².